The van der Waals surface area contributed by atoms with Gasteiger partial charge >= 0.3 is 0 Å². The number of ether oxygens (including phenoxy) is 3. The van der Waals surface area contributed by atoms with E-state index in [0.717, 1.165) is 29.8 Å². The number of hydrogen-bond acceptors (Lipinski definition) is 6. The van der Waals surface area contributed by atoms with Gasteiger partial charge in [-0.25, -0.2) is 0 Å². The number of aliphatic hydroxyl groups excluding tert-OH is 1. The van der Waals surface area contributed by atoms with Crippen LogP contribution in [-0.4, -0.2) is 73.0 Å². The van der Waals surface area contributed by atoms with Gasteiger partial charge in [-0.15, -0.1) is 0 Å². The quantitative estimate of drug-likeness (QED) is 0.713. The van der Waals surface area contributed by atoms with Crippen molar-refractivity contribution in [2.75, 3.05) is 38.2 Å². The monoisotopic (exact) mass is 430 g/mol. The molecule has 0 aromatic heterocycles. The minimum Gasteiger partial charge on any atom is -0.487 e. The second kappa shape index (κ2) is 8.76. The second-order valence-electron chi connectivity index (χ2n) is 9.05. The van der Waals surface area contributed by atoms with Crippen LogP contribution < -0.4 is 10.1 Å². The number of nitrogens with zero attached hydrogens (tertiary/aromatic N) is 1. The topological polar surface area (TPSA) is 97.3 Å². The Morgan fingerprint density at radius 1 is 1.16 bits per heavy atom. The summed E-state index contributed by atoms with van der Waals surface area (Å²) in [7, 11) is 0. The maximum atomic E-state index is 12.7. The Balaban J connectivity index is 1.28. The number of amides is 2. The number of hydrogen-bond donors (Lipinski definition) is 2. The van der Waals surface area contributed by atoms with Crippen LogP contribution in [0.3, 0.4) is 0 Å². The normalized spacial score (nSPS) is 29.6. The van der Waals surface area contributed by atoms with Gasteiger partial charge in [0.1, 0.15) is 18.0 Å². The minimum atomic E-state index is -0.485. The first kappa shape index (κ1) is 20.7. The van der Waals surface area contributed by atoms with Gasteiger partial charge in [-0.05, 0) is 43.4 Å². The van der Waals surface area contributed by atoms with Gasteiger partial charge in [-0.2, -0.15) is 0 Å². The Morgan fingerprint density at radius 3 is 2.71 bits per heavy atom. The Morgan fingerprint density at radius 2 is 1.97 bits per heavy atom. The molecule has 0 unspecified atom stereocenters. The number of carbonyl (C=O) groups excluding carboxylic acids is 2. The van der Waals surface area contributed by atoms with E-state index in [1.165, 1.54) is 0 Å². The summed E-state index contributed by atoms with van der Waals surface area (Å²) >= 11 is 0. The van der Waals surface area contributed by atoms with Crippen LogP contribution in [0.5, 0.6) is 5.75 Å². The molecule has 5 rings (SSSR count). The maximum absolute atomic E-state index is 12.7. The van der Waals surface area contributed by atoms with E-state index in [1.807, 2.05) is 23.1 Å². The molecule has 3 aliphatic heterocycles. The summed E-state index contributed by atoms with van der Waals surface area (Å²) in [5, 5.41) is 12.9. The highest BCUT2D eigenvalue weighted by atomic mass is 16.6. The summed E-state index contributed by atoms with van der Waals surface area (Å²) in [5.74, 6) is 1.42. The highest BCUT2D eigenvalue weighted by Gasteiger charge is 2.46. The Kier molecular flexibility index (Phi) is 5.86. The molecule has 1 aliphatic carbocycles. The fraction of sp³-hybridized carbons (Fsp3) is 0.652. The smallest absolute Gasteiger partial charge is 0.225 e. The molecule has 2 saturated heterocycles. The molecule has 3 heterocycles. The van der Waals surface area contributed by atoms with Crippen molar-refractivity contribution in [3.8, 4) is 5.75 Å². The molecule has 1 aromatic rings. The van der Waals surface area contributed by atoms with Crippen molar-refractivity contribution in [3.05, 3.63) is 23.8 Å². The van der Waals surface area contributed by atoms with Crippen LogP contribution in [0.4, 0.5) is 5.69 Å². The average Bonchev–Trinajstić information content (AvgIpc) is 3.52. The first-order chi connectivity index (χ1) is 15.1. The molecule has 3 fully saturated rings. The highest BCUT2D eigenvalue weighted by Crippen LogP contribution is 2.47. The molecule has 0 radical (unpaired) electrons. The Hall–Kier alpha value is -2.16. The lowest BCUT2D eigenvalue weighted by atomic mass is 9.84. The van der Waals surface area contributed by atoms with Gasteiger partial charge in [0.05, 0.1) is 32.3 Å². The lowest BCUT2D eigenvalue weighted by Gasteiger charge is -2.38. The van der Waals surface area contributed by atoms with Gasteiger partial charge in [0.25, 0.3) is 0 Å². The summed E-state index contributed by atoms with van der Waals surface area (Å²) < 4.78 is 17.5. The number of aliphatic hydroxyl groups is 1. The lowest BCUT2D eigenvalue weighted by molar-refractivity contribution is -0.151. The van der Waals surface area contributed by atoms with E-state index in [1.54, 1.807) is 0 Å². The van der Waals surface area contributed by atoms with Gasteiger partial charge in [0, 0.05) is 36.7 Å². The predicted octanol–water partition coefficient (Wildman–Crippen LogP) is 1.67. The fourth-order valence-corrected chi connectivity index (χ4v) is 4.90. The van der Waals surface area contributed by atoms with Crippen molar-refractivity contribution < 1.29 is 28.9 Å². The Bertz CT molecular complexity index is 835. The SMILES string of the molecule is O=C(CC1CC1)Nc1ccc2c(c1)[C@@H]1C[C@H](CC(=O)N3CCOCC3)O[C@H](CO)[C@@H]1O2. The van der Waals surface area contributed by atoms with E-state index in [9.17, 15) is 14.7 Å². The van der Waals surface area contributed by atoms with Crippen molar-refractivity contribution in [1.29, 1.82) is 0 Å². The number of rotatable bonds is 6. The van der Waals surface area contributed by atoms with Gasteiger partial charge in [0.2, 0.25) is 11.8 Å². The van der Waals surface area contributed by atoms with Crippen LogP contribution >= 0.6 is 0 Å². The van der Waals surface area contributed by atoms with Crippen LogP contribution in [0.2, 0.25) is 0 Å². The molecule has 8 nitrogen and oxygen atoms in total. The summed E-state index contributed by atoms with van der Waals surface area (Å²) in [5.41, 5.74) is 1.78. The molecule has 4 atom stereocenters. The van der Waals surface area contributed by atoms with Gasteiger partial charge in [-0.1, -0.05) is 0 Å². The molecule has 2 N–H and O–H groups in total. The standard InChI is InChI=1S/C23H30N2O6/c26-13-20-23-18(11-16(30-20)12-22(28)25-5-7-29-8-6-25)17-10-15(3-4-19(17)31-23)24-21(27)9-14-1-2-14/h3-4,10,14,16,18,20,23,26H,1-2,5-9,11-13H2,(H,24,27)/t16-,18+,20-,23-/m1/s1. The number of carbonyl (C=O) groups is 2. The number of morpholine rings is 1. The van der Waals surface area contributed by atoms with Crippen LogP contribution in [-0.2, 0) is 19.1 Å². The van der Waals surface area contributed by atoms with Crippen molar-refractivity contribution in [2.24, 2.45) is 5.92 Å². The predicted molar refractivity (Wildman–Crippen MR) is 112 cm³/mol. The molecule has 0 spiro atoms. The van der Waals surface area contributed by atoms with Crippen LogP contribution in [0.1, 0.15) is 43.6 Å². The van der Waals surface area contributed by atoms with E-state index < -0.39 is 6.10 Å². The third-order valence-electron chi connectivity index (χ3n) is 6.72. The van der Waals surface area contributed by atoms with Crippen LogP contribution in [0.25, 0.3) is 0 Å². The Labute approximate surface area is 181 Å². The molecule has 0 bridgehead atoms. The molecule has 31 heavy (non-hydrogen) atoms. The van der Waals surface area contributed by atoms with E-state index in [2.05, 4.69) is 5.32 Å². The summed E-state index contributed by atoms with van der Waals surface area (Å²) in [6.45, 7) is 2.19. The molecule has 1 saturated carbocycles. The summed E-state index contributed by atoms with van der Waals surface area (Å²) in [6, 6.07) is 5.71. The summed E-state index contributed by atoms with van der Waals surface area (Å²) in [4.78, 5) is 26.8. The zero-order valence-electron chi connectivity index (χ0n) is 17.6. The first-order valence-electron chi connectivity index (χ1n) is 11.3. The van der Waals surface area contributed by atoms with Gasteiger partial charge < -0.3 is 29.5 Å². The zero-order chi connectivity index (χ0) is 21.4. The van der Waals surface area contributed by atoms with E-state index in [4.69, 9.17) is 14.2 Å². The average molecular weight is 431 g/mol. The van der Waals surface area contributed by atoms with Gasteiger partial charge in [0.15, 0.2) is 0 Å². The number of nitrogens with one attached hydrogen (secondary N) is 1. The number of benzene rings is 1. The molecule has 2 amide bonds. The van der Waals surface area contributed by atoms with Gasteiger partial charge in [-0.3, -0.25) is 9.59 Å². The van der Waals surface area contributed by atoms with Crippen LogP contribution in [0, 0.1) is 5.92 Å². The lowest BCUT2D eigenvalue weighted by Crippen LogP contribution is -2.48. The number of anilines is 1. The molecule has 168 valence electrons. The highest BCUT2D eigenvalue weighted by molar-refractivity contribution is 5.91. The second-order valence-corrected chi connectivity index (χ2v) is 9.05. The first-order valence-corrected chi connectivity index (χ1v) is 11.3. The molecular weight excluding hydrogens is 400 g/mol. The van der Waals surface area contributed by atoms with E-state index in [-0.39, 0.29) is 43.0 Å². The number of fused-ring (bicyclic) bond motifs is 3. The zero-order valence-corrected chi connectivity index (χ0v) is 17.6. The third-order valence-corrected chi connectivity index (χ3v) is 6.72. The largest absolute Gasteiger partial charge is 0.487 e. The van der Waals surface area contributed by atoms with Crippen molar-refractivity contribution in [3.63, 3.8) is 0 Å². The molecule has 8 heteroatoms. The molecule has 4 aliphatic rings. The molecule has 1 aromatic carbocycles. The maximum Gasteiger partial charge on any atom is 0.225 e. The minimum absolute atomic E-state index is 0.0173. The van der Waals surface area contributed by atoms with Crippen molar-refractivity contribution in [1.82, 2.24) is 4.90 Å². The third kappa shape index (κ3) is 4.56. The molecular formula is C23H30N2O6. The summed E-state index contributed by atoms with van der Waals surface area (Å²) in [6.07, 6.45) is 2.73. The van der Waals surface area contributed by atoms with Crippen molar-refractivity contribution >= 4 is 17.5 Å². The van der Waals surface area contributed by atoms with Crippen molar-refractivity contribution in [2.45, 2.75) is 56.3 Å². The van der Waals surface area contributed by atoms with Crippen LogP contribution in [0.15, 0.2) is 18.2 Å². The van der Waals surface area contributed by atoms with E-state index in [0.29, 0.717) is 45.1 Å². The van der Waals surface area contributed by atoms with E-state index >= 15 is 0 Å². The fourth-order valence-electron chi connectivity index (χ4n) is 4.90.